The minimum Gasteiger partial charge on any atom is -0.436 e. The predicted octanol–water partition coefficient (Wildman–Crippen LogP) is 3.04. The van der Waals surface area contributed by atoms with E-state index in [1.165, 1.54) is 6.07 Å². The number of nitrogens with zero attached hydrogens (tertiary/aromatic N) is 1. The van der Waals surface area contributed by atoms with Crippen LogP contribution >= 0.6 is 0 Å². The van der Waals surface area contributed by atoms with Gasteiger partial charge in [-0.15, -0.1) is 0 Å². The lowest BCUT2D eigenvalue weighted by Crippen LogP contribution is -2.07. The minimum atomic E-state index is -0.392. The molecule has 0 saturated heterocycles. The molecule has 0 saturated carbocycles. The topological polar surface area (TPSA) is 34.1 Å². The van der Waals surface area contributed by atoms with Crippen molar-refractivity contribution in [2.75, 3.05) is 7.05 Å². The Balaban J connectivity index is 2.20. The Hall–Kier alpha value is -1.94. The lowest BCUT2D eigenvalue weighted by Gasteiger charge is -2.09. The first-order chi connectivity index (χ1) is 8.70. The molecule has 1 aromatic carbocycles. The average molecular weight is 246 g/mol. The van der Waals surface area contributed by atoms with Gasteiger partial charge in [-0.1, -0.05) is 18.2 Å². The molecule has 1 aromatic heterocycles. The first-order valence-corrected chi connectivity index (χ1v) is 5.74. The summed E-state index contributed by atoms with van der Waals surface area (Å²) >= 11 is 0. The first kappa shape index (κ1) is 12.5. The molecule has 0 bridgehead atoms. The lowest BCUT2D eigenvalue weighted by atomic mass is 10.2. The summed E-state index contributed by atoms with van der Waals surface area (Å²) in [7, 11) is 1.88. The van der Waals surface area contributed by atoms with Gasteiger partial charge in [-0.3, -0.25) is 0 Å². The number of aromatic nitrogens is 1. The third-order valence-electron chi connectivity index (χ3n) is 2.59. The number of ether oxygens (including phenoxy) is 1. The smallest absolute Gasteiger partial charge is 0.219 e. The van der Waals surface area contributed by atoms with Gasteiger partial charge < -0.3 is 10.1 Å². The van der Waals surface area contributed by atoms with Gasteiger partial charge in [-0.05, 0) is 31.7 Å². The van der Waals surface area contributed by atoms with Gasteiger partial charge in [0, 0.05) is 18.3 Å². The van der Waals surface area contributed by atoms with Crippen molar-refractivity contribution in [3.63, 3.8) is 0 Å². The van der Waals surface area contributed by atoms with Gasteiger partial charge in [0.2, 0.25) is 5.88 Å². The third kappa shape index (κ3) is 2.84. The van der Waals surface area contributed by atoms with E-state index in [-0.39, 0.29) is 5.75 Å². The normalized spacial score (nSPS) is 10.4. The number of aryl methyl sites for hydroxylation is 1. The molecule has 0 aliphatic heterocycles. The molecule has 3 nitrogen and oxygen atoms in total. The van der Waals surface area contributed by atoms with E-state index < -0.39 is 5.82 Å². The zero-order chi connectivity index (χ0) is 13.0. The summed E-state index contributed by atoms with van der Waals surface area (Å²) in [6, 6.07) is 9.95. The van der Waals surface area contributed by atoms with Crippen LogP contribution in [0.15, 0.2) is 36.4 Å². The maximum absolute atomic E-state index is 13.4. The van der Waals surface area contributed by atoms with Crippen LogP contribution in [0.4, 0.5) is 4.39 Å². The number of pyridine rings is 1. The Labute approximate surface area is 106 Å². The highest BCUT2D eigenvalue weighted by atomic mass is 19.1. The number of hydrogen-bond donors (Lipinski definition) is 1. The summed E-state index contributed by atoms with van der Waals surface area (Å²) in [6.45, 7) is 2.65. The number of nitrogens with one attached hydrogen (secondary N) is 1. The third-order valence-corrected chi connectivity index (χ3v) is 2.59. The summed E-state index contributed by atoms with van der Waals surface area (Å²) in [5.74, 6) is 0.194. The van der Waals surface area contributed by atoms with Gasteiger partial charge in [-0.25, -0.2) is 9.37 Å². The van der Waals surface area contributed by atoms with E-state index in [1.807, 2.05) is 20.0 Å². The van der Waals surface area contributed by atoms with Crippen molar-refractivity contribution in [1.29, 1.82) is 0 Å². The van der Waals surface area contributed by atoms with Crippen molar-refractivity contribution in [2.24, 2.45) is 0 Å². The standard InChI is InChI=1S/C14H15FN2O/c1-10-11(9-16-2)7-8-14(17-10)18-13-6-4-3-5-12(13)15/h3-8,16H,9H2,1-2H3. The van der Waals surface area contributed by atoms with Crippen molar-refractivity contribution in [1.82, 2.24) is 10.3 Å². The summed E-state index contributed by atoms with van der Waals surface area (Å²) < 4.78 is 18.8. The Morgan fingerprint density at radius 2 is 2.00 bits per heavy atom. The van der Waals surface area contributed by atoms with Crippen LogP contribution in [-0.4, -0.2) is 12.0 Å². The lowest BCUT2D eigenvalue weighted by molar-refractivity contribution is 0.426. The second kappa shape index (κ2) is 5.60. The SMILES string of the molecule is CNCc1ccc(Oc2ccccc2F)nc1C. The molecule has 0 unspecified atom stereocenters. The summed E-state index contributed by atoms with van der Waals surface area (Å²) in [5.41, 5.74) is 1.97. The molecule has 0 aliphatic carbocycles. The van der Waals surface area contributed by atoms with E-state index in [0.29, 0.717) is 5.88 Å². The van der Waals surface area contributed by atoms with Crippen LogP contribution in [0.1, 0.15) is 11.3 Å². The van der Waals surface area contributed by atoms with E-state index in [4.69, 9.17) is 4.74 Å². The van der Waals surface area contributed by atoms with Gasteiger partial charge in [0.15, 0.2) is 11.6 Å². The maximum atomic E-state index is 13.4. The van der Waals surface area contributed by atoms with Gasteiger partial charge in [0.25, 0.3) is 0 Å². The van der Waals surface area contributed by atoms with E-state index >= 15 is 0 Å². The van der Waals surface area contributed by atoms with Crippen molar-refractivity contribution in [3.05, 3.63) is 53.5 Å². The molecule has 94 valence electrons. The van der Waals surface area contributed by atoms with Gasteiger partial charge in [-0.2, -0.15) is 0 Å². The summed E-state index contributed by atoms with van der Waals surface area (Å²) in [6.07, 6.45) is 0. The van der Waals surface area contributed by atoms with Crippen LogP contribution < -0.4 is 10.1 Å². The summed E-state index contributed by atoms with van der Waals surface area (Å²) in [4.78, 5) is 4.30. The molecule has 18 heavy (non-hydrogen) atoms. The van der Waals surface area contributed by atoms with Crippen molar-refractivity contribution in [3.8, 4) is 11.6 Å². The number of hydrogen-bond acceptors (Lipinski definition) is 3. The van der Waals surface area contributed by atoms with Gasteiger partial charge in [0.05, 0.1) is 0 Å². The fourth-order valence-electron chi connectivity index (χ4n) is 1.64. The minimum absolute atomic E-state index is 0.186. The van der Waals surface area contributed by atoms with Gasteiger partial charge in [0.1, 0.15) is 0 Å². The first-order valence-electron chi connectivity index (χ1n) is 5.74. The molecule has 0 spiro atoms. The second-order valence-corrected chi connectivity index (χ2v) is 3.96. The second-order valence-electron chi connectivity index (χ2n) is 3.96. The highest BCUT2D eigenvalue weighted by Gasteiger charge is 2.06. The maximum Gasteiger partial charge on any atom is 0.219 e. The van der Waals surface area contributed by atoms with Crippen molar-refractivity contribution >= 4 is 0 Å². The monoisotopic (exact) mass is 246 g/mol. The van der Waals surface area contributed by atoms with Crippen LogP contribution in [0, 0.1) is 12.7 Å². The van der Waals surface area contributed by atoms with E-state index in [0.717, 1.165) is 17.8 Å². The highest BCUT2D eigenvalue weighted by molar-refractivity contribution is 5.31. The van der Waals surface area contributed by atoms with Crippen LogP contribution in [0.2, 0.25) is 0 Å². The van der Waals surface area contributed by atoms with E-state index in [9.17, 15) is 4.39 Å². The van der Waals surface area contributed by atoms with Crippen LogP contribution in [0.5, 0.6) is 11.6 Å². The zero-order valence-electron chi connectivity index (χ0n) is 10.4. The molecule has 2 rings (SSSR count). The molecule has 2 aromatic rings. The molecule has 0 amide bonds. The van der Waals surface area contributed by atoms with Gasteiger partial charge >= 0.3 is 0 Å². The summed E-state index contributed by atoms with van der Waals surface area (Å²) in [5, 5.41) is 3.06. The van der Waals surface area contributed by atoms with Crippen LogP contribution in [0.25, 0.3) is 0 Å². The number of benzene rings is 1. The molecule has 1 heterocycles. The average Bonchev–Trinajstić information content (AvgIpc) is 2.36. The Kier molecular flexibility index (Phi) is 3.89. The molecular weight excluding hydrogens is 231 g/mol. The molecule has 0 radical (unpaired) electrons. The van der Waals surface area contributed by atoms with E-state index in [2.05, 4.69) is 10.3 Å². The molecule has 0 atom stereocenters. The molecule has 4 heteroatoms. The zero-order valence-corrected chi connectivity index (χ0v) is 10.4. The van der Waals surface area contributed by atoms with Crippen LogP contribution in [0.3, 0.4) is 0 Å². The number of para-hydroxylation sites is 1. The highest BCUT2D eigenvalue weighted by Crippen LogP contribution is 2.23. The predicted molar refractivity (Wildman–Crippen MR) is 68.2 cm³/mol. The molecule has 1 N–H and O–H groups in total. The van der Waals surface area contributed by atoms with E-state index in [1.54, 1.807) is 24.3 Å². The Morgan fingerprint density at radius 1 is 1.22 bits per heavy atom. The Bertz CT molecular complexity index is 543. The quantitative estimate of drug-likeness (QED) is 0.900. The Morgan fingerprint density at radius 3 is 2.67 bits per heavy atom. The van der Waals surface area contributed by atoms with Crippen molar-refractivity contribution < 1.29 is 9.13 Å². The molecule has 0 aliphatic rings. The fraction of sp³-hybridized carbons (Fsp3) is 0.214. The molecular formula is C14H15FN2O. The fourth-order valence-corrected chi connectivity index (χ4v) is 1.64. The van der Waals surface area contributed by atoms with Crippen molar-refractivity contribution in [2.45, 2.75) is 13.5 Å². The largest absolute Gasteiger partial charge is 0.436 e. The van der Waals surface area contributed by atoms with Crippen LogP contribution in [-0.2, 0) is 6.54 Å². The number of rotatable bonds is 4. The number of halogens is 1. The molecule has 0 fully saturated rings.